The predicted molar refractivity (Wildman–Crippen MR) is 89.0 cm³/mol. The minimum absolute atomic E-state index is 0.0233. The van der Waals surface area contributed by atoms with Crippen LogP contribution >= 0.6 is 11.3 Å². The smallest absolute Gasteiger partial charge is 0.186 e. The van der Waals surface area contributed by atoms with E-state index in [1.54, 1.807) is 5.38 Å². The maximum absolute atomic E-state index is 12.2. The number of rotatable bonds is 3. The van der Waals surface area contributed by atoms with Crippen LogP contribution in [-0.2, 0) is 6.42 Å². The first-order chi connectivity index (χ1) is 10.8. The topological polar surface area (TPSA) is 30.0 Å². The van der Waals surface area contributed by atoms with Crippen LogP contribution in [0.3, 0.4) is 0 Å². The van der Waals surface area contributed by atoms with E-state index in [1.807, 2.05) is 60.7 Å². The normalized spacial score (nSPS) is 9.82. The van der Waals surface area contributed by atoms with E-state index < -0.39 is 0 Å². The van der Waals surface area contributed by atoms with Gasteiger partial charge < -0.3 is 0 Å². The molecule has 0 fully saturated rings. The van der Waals surface area contributed by atoms with Crippen LogP contribution in [-0.4, -0.2) is 10.8 Å². The Bertz CT molecular complexity index is 826. The van der Waals surface area contributed by atoms with Crippen molar-refractivity contribution in [2.45, 2.75) is 6.42 Å². The lowest BCUT2D eigenvalue weighted by molar-refractivity contribution is 0.0989. The van der Waals surface area contributed by atoms with Crippen molar-refractivity contribution in [3.05, 3.63) is 87.9 Å². The van der Waals surface area contributed by atoms with Crippen LogP contribution in [0.15, 0.2) is 66.0 Å². The molecule has 0 bridgehead atoms. The van der Waals surface area contributed by atoms with Crippen molar-refractivity contribution >= 4 is 17.1 Å². The van der Waals surface area contributed by atoms with Crippen molar-refractivity contribution in [3.63, 3.8) is 0 Å². The van der Waals surface area contributed by atoms with E-state index >= 15 is 0 Å². The molecule has 0 atom stereocenters. The molecule has 0 N–H and O–H groups in total. The van der Waals surface area contributed by atoms with Gasteiger partial charge in [-0.2, -0.15) is 0 Å². The van der Waals surface area contributed by atoms with Crippen LogP contribution in [0, 0.1) is 11.8 Å². The molecule has 3 rings (SSSR count). The minimum atomic E-state index is 0.0233. The Balaban J connectivity index is 1.71. The lowest BCUT2D eigenvalue weighted by Crippen LogP contribution is -2.03. The summed E-state index contributed by atoms with van der Waals surface area (Å²) >= 11 is 1.40. The number of hydrogen-bond donors (Lipinski definition) is 0. The molecular weight excluding hydrogens is 290 g/mol. The van der Waals surface area contributed by atoms with Gasteiger partial charge in [-0.25, -0.2) is 4.98 Å². The Morgan fingerprint density at radius 1 is 0.955 bits per heavy atom. The molecule has 0 saturated heterocycles. The molecule has 1 heterocycles. The third kappa shape index (κ3) is 3.69. The first-order valence-electron chi connectivity index (χ1n) is 6.91. The van der Waals surface area contributed by atoms with Gasteiger partial charge in [0.1, 0.15) is 5.69 Å². The Morgan fingerprint density at radius 3 is 2.36 bits per heavy atom. The molecule has 22 heavy (non-hydrogen) atoms. The van der Waals surface area contributed by atoms with Crippen LogP contribution in [0.5, 0.6) is 0 Å². The van der Waals surface area contributed by atoms with Crippen molar-refractivity contribution in [2.24, 2.45) is 0 Å². The zero-order valence-electron chi connectivity index (χ0n) is 11.8. The zero-order valence-corrected chi connectivity index (χ0v) is 12.6. The first kappa shape index (κ1) is 14.2. The molecule has 3 heteroatoms. The van der Waals surface area contributed by atoms with Gasteiger partial charge in [-0.05, 0) is 23.6 Å². The summed E-state index contributed by atoms with van der Waals surface area (Å²) in [6.45, 7) is 0. The number of benzene rings is 2. The quantitative estimate of drug-likeness (QED) is 0.541. The number of aromatic nitrogens is 1. The second-order valence-corrected chi connectivity index (χ2v) is 5.60. The molecule has 0 aliphatic heterocycles. The fourth-order valence-electron chi connectivity index (χ4n) is 1.98. The van der Waals surface area contributed by atoms with E-state index in [9.17, 15) is 4.79 Å². The average Bonchev–Trinajstić information content (AvgIpc) is 3.04. The minimum Gasteiger partial charge on any atom is -0.292 e. The maximum atomic E-state index is 12.2. The highest BCUT2D eigenvalue weighted by Crippen LogP contribution is 2.12. The second-order valence-electron chi connectivity index (χ2n) is 4.74. The lowest BCUT2D eigenvalue weighted by Gasteiger charge is -1.97. The van der Waals surface area contributed by atoms with Crippen LogP contribution in [0.25, 0.3) is 0 Å². The predicted octanol–water partition coefficient (Wildman–Crippen LogP) is 3.97. The third-order valence-electron chi connectivity index (χ3n) is 3.08. The lowest BCUT2D eigenvalue weighted by atomic mass is 10.1. The summed E-state index contributed by atoms with van der Waals surface area (Å²) in [5, 5.41) is 2.44. The molecule has 0 spiro atoms. The Morgan fingerprint density at radius 2 is 1.64 bits per heavy atom. The number of hydrogen-bond acceptors (Lipinski definition) is 3. The van der Waals surface area contributed by atoms with E-state index in [0.717, 1.165) is 11.1 Å². The summed E-state index contributed by atoms with van der Waals surface area (Å²) in [6, 6.07) is 19.4. The van der Waals surface area contributed by atoms with Gasteiger partial charge in [-0.15, -0.1) is 11.3 Å². The Kier molecular flexibility index (Phi) is 4.43. The van der Waals surface area contributed by atoms with Gasteiger partial charge in [0, 0.05) is 17.4 Å². The molecule has 0 saturated carbocycles. The highest BCUT2D eigenvalue weighted by Gasteiger charge is 2.10. The van der Waals surface area contributed by atoms with E-state index in [0.29, 0.717) is 17.1 Å². The number of carbonyl (C=O) groups excluding carboxylic acids is 1. The fraction of sp³-hybridized carbons (Fsp3) is 0.0526. The molecule has 0 radical (unpaired) electrons. The van der Waals surface area contributed by atoms with E-state index in [-0.39, 0.29) is 5.78 Å². The summed E-state index contributed by atoms with van der Waals surface area (Å²) in [4.78, 5) is 16.5. The highest BCUT2D eigenvalue weighted by molar-refractivity contribution is 7.10. The molecule has 0 amide bonds. The number of thiazole rings is 1. The van der Waals surface area contributed by atoms with Crippen LogP contribution in [0.2, 0.25) is 0 Å². The SMILES string of the molecule is O=C(Cc1ccccc1)c1csc(C#Cc2ccccc2)n1. The summed E-state index contributed by atoms with van der Waals surface area (Å²) in [5.41, 5.74) is 2.43. The van der Waals surface area contributed by atoms with Gasteiger partial charge in [0.25, 0.3) is 0 Å². The number of Topliss-reactive ketones (excluding diaryl/α,β-unsaturated/α-hetero) is 1. The van der Waals surface area contributed by atoms with E-state index in [4.69, 9.17) is 0 Å². The van der Waals surface area contributed by atoms with Crippen LogP contribution < -0.4 is 0 Å². The second kappa shape index (κ2) is 6.84. The molecule has 2 aromatic carbocycles. The molecule has 0 aliphatic carbocycles. The molecule has 106 valence electrons. The summed E-state index contributed by atoms with van der Waals surface area (Å²) in [7, 11) is 0. The molecular formula is C19H13NOS. The number of ketones is 1. The van der Waals surface area contributed by atoms with Gasteiger partial charge >= 0.3 is 0 Å². The van der Waals surface area contributed by atoms with E-state index in [2.05, 4.69) is 16.8 Å². The van der Waals surface area contributed by atoms with Gasteiger partial charge in [0.2, 0.25) is 0 Å². The fourth-order valence-corrected chi connectivity index (χ4v) is 2.65. The van der Waals surface area contributed by atoms with Crippen LogP contribution in [0.1, 0.15) is 26.6 Å². The van der Waals surface area contributed by atoms with Gasteiger partial charge in [-0.1, -0.05) is 54.5 Å². The highest BCUT2D eigenvalue weighted by atomic mass is 32.1. The Labute approximate surface area is 133 Å². The van der Waals surface area contributed by atoms with Gasteiger partial charge in [0.15, 0.2) is 10.8 Å². The van der Waals surface area contributed by atoms with Crippen molar-refractivity contribution in [3.8, 4) is 11.8 Å². The van der Waals surface area contributed by atoms with Crippen molar-refractivity contribution < 1.29 is 4.79 Å². The molecule has 3 aromatic rings. The molecule has 0 aliphatic rings. The number of carbonyl (C=O) groups is 1. The third-order valence-corrected chi connectivity index (χ3v) is 3.84. The van der Waals surface area contributed by atoms with Crippen LogP contribution in [0.4, 0.5) is 0 Å². The zero-order chi connectivity index (χ0) is 15.2. The monoisotopic (exact) mass is 303 g/mol. The molecule has 2 nitrogen and oxygen atoms in total. The van der Waals surface area contributed by atoms with E-state index in [1.165, 1.54) is 11.3 Å². The maximum Gasteiger partial charge on any atom is 0.186 e. The average molecular weight is 303 g/mol. The standard InChI is InChI=1S/C19H13NOS/c21-18(13-16-9-5-2-6-10-16)17-14-22-19(20-17)12-11-15-7-3-1-4-8-15/h1-10,14H,13H2. The summed E-state index contributed by atoms with van der Waals surface area (Å²) < 4.78 is 0. The van der Waals surface area contributed by atoms with Crippen molar-refractivity contribution in [2.75, 3.05) is 0 Å². The van der Waals surface area contributed by atoms with Gasteiger partial charge in [-0.3, -0.25) is 4.79 Å². The molecule has 1 aromatic heterocycles. The summed E-state index contributed by atoms with van der Waals surface area (Å²) in [6.07, 6.45) is 0.371. The molecule has 0 unspecified atom stereocenters. The first-order valence-corrected chi connectivity index (χ1v) is 7.79. The largest absolute Gasteiger partial charge is 0.292 e. The Hall–Kier alpha value is -2.70. The summed E-state index contributed by atoms with van der Waals surface area (Å²) in [5.74, 6) is 6.08. The van der Waals surface area contributed by atoms with Crippen molar-refractivity contribution in [1.29, 1.82) is 0 Å². The number of nitrogens with zero attached hydrogens (tertiary/aromatic N) is 1. The van der Waals surface area contributed by atoms with Gasteiger partial charge in [0.05, 0.1) is 0 Å². The van der Waals surface area contributed by atoms with Crippen molar-refractivity contribution in [1.82, 2.24) is 4.98 Å².